The van der Waals surface area contributed by atoms with Gasteiger partial charge in [0.2, 0.25) is 0 Å². The number of pyridine rings is 1. The van der Waals surface area contributed by atoms with E-state index in [1.165, 1.54) is 30.5 Å². The summed E-state index contributed by atoms with van der Waals surface area (Å²) in [7, 11) is 0. The van der Waals surface area contributed by atoms with Crippen molar-refractivity contribution < 1.29 is 18.0 Å². The first-order valence-electron chi connectivity index (χ1n) is 7.85. The Morgan fingerprint density at radius 2 is 1.96 bits per heavy atom. The number of aromatic amines is 2. The van der Waals surface area contributed by atoms with Gasteiger partial charge in [0.1, 0.15) is 10.8 Å². The molecule has 0 aliphatic rings. The lowest BCUT2D eigenvalue weighted by Gasteiger charge is -2.05. The second kappa shape index (κ2) is 6.64. The zero-order valence-electron chi connectivity index (χ0n) is 13.8. The summed E-state index contributed by atoms with van der Waals surface area (Å²) in [5.41, 5.74) is 0.517. The number of carbonyl (C=O) groups is 1. The van der Waals surface area contributed by atoms with Crippen LogP contribution in [0.4, 0.5) is 19.0 Å². The minimum Gasteiger partial charge on any atom is -0.337 e. The van der Waals surface area contributed by atoms with E-state index in [-0.39, 0.29) is 27.9 Å². The SMILES string of the molecule is O=C(Nc1cc(-c2nc3ccc(C(F)(F)F)cc3[nH]2)[nH]n1)c1ccc(Cl)nc1. The third-order valence-corrected chi connectivity index (χ3v) is 4.10. The third-order valence-electron chi connectivity index (χ3n) is 3.87. The van der Waals surface area contributed by atoms with E-state index in [2.05, 4.69) is 30.5 Å². The molecule has 0 saturated carbocycles. The van der Waals surface area contributed by atoms with E-state index in [1.54, 1.807) is 0 Å². The number of rotatable bonds is 3. The standard InChI is InChI=1S/C17H10ClF3N6O/c18-13-4-1-8(7-22-13)16(28)25-14-6-12(26-27-14)15-23-10-3-2-9(17(19,20)21)5-11(10)24-15/h1-7H,(H,23,24)(H2,25,26,27,28). The van der Waals surface area contributed by atoms with E-state index < -0.39 is 17.6 Å². The Hall–Kier alpha value is -3.40. The van der Waals surface area contributed by atoms with Crippen molar-refractivity contribution in [2.24, 2.45) is 0 Å². The number of anilines is 1. The van der Waals surface area contributed by atoms with Gasteiger partial charge in [-0.1, -0.05) is 11.6 Å². The Morgan fingerprint density at radius 1 is 1.14 bits per heavy atom. The van der Waals surface area contributed by atoms with Gasteiger partial charge in [-0.25, -0.2) is 9.97 Å². The van der Waals surface area contributed by atoms with Crippen LogP contribution in [0.25, 0.3) is 22.6 Å². The highest BCUT2D eigenvalue weighted by Crippen LogP contribution is 2.31. The number of nitrogens with zero attached hydrogens (tertiary/aromatic N) is 3. The van der Waals surface area contributed by atoms with Gasteiger partial charge < -0.3 is 10.3 Å². The summed E-state index contributed by atoms with van der Waals surface area (Å²) in [6.07, 6.45) is -3.12. The molecule has 11 heteroatoms. The first kappa shape index (κ1) is 18.0. The molecule has 3 heterocycles. The molecule has 7 nitrogen and oxygen atoms in total. The highest BCUT2D eigenvalue weighted by atomic mass is 35.5. The van der Waals surface area contributed by atoms with Crippen LogP contribution in [-0.4, -0.2) is 31.1 Å². The molecular formula is C17H10ClF3N6O. The number of benzene rings is 1. The number of amides is 1. The second-order valence-electron chi connectivity index (χ2n) is 5.81. The average molecular weight is 407 g/mol. The van der Waals surface area contributed by atoms with Gasteiger partial charge >= 0.3 is 6.18 Å². The summed E-state index contributed by atoms with van der Waals surface area (Å²) < 4.78 is 38.5. The molecule has 4 rings (SSSR count). The van der Waals surface area contributed by atoms with Gasteiger partial charge in [0, 0.05) is 12.3 Å². The van der Waals surface area contributed by atoms with Gasteiger partial charge in [0.05, 0.1) is 22.2 Å². The summed E-state index contributed by atoms with van der Waals surface area (Å²) in [5, 5.41) is 9.47. The van der Waals surface area contributed by atoms with E-state index in [1.807, 2.05) is 0 Å². The number of hydrogen-bond donors (Lipinski definition) is 3. The van der Waals surface area contributed by atoms with Crippen molar-refractivity contribution >= 4 is 34.4 Å². The molecule has 0 radical (unpaired) electrons. The number of imidazole rings is 1. The summed E-state index contributed by atoms with van der Waals surface area (Å²) in [6.45, 7) is 0. The Bertz CT molecular complexity index is 1170. The van der Waals surface area contributed by atoms with Gasteiger partial charge in [0.25, 0.3) is 5.91 Å². The molecule has 142 valence electrons. The van der Waals surface area contributed by atoms with Crippen molar-refractivity contribution in [3.05, 3.63) is 58.9 Å². The fourth-order valence-electron chi connectivity index (χ4n) is 2.52. The molecule has 0 bridgehead atoms. The van der Waals surface area contributed by atoms with Crippen molar-refractivity contribution in [3.8, 4) is 11.5 Å². The van der Waals surface area contributed by atoms with Crippen molar-refractivity contribution in [1.82, 2.24) is 25.1 Å². The average Bonchev–Trinajstić information content (AvgIpc) is 3.27. The van der Waals surface area contributed by atoms with E-state index in [9.17, 15) is 18.0 Å². The summed E-state index contributed by atoms with van der Waals surface area (Å²) in [4.78, 5) is 23.0. The number of nitrogens with one attached hydrogen (secondary N) is 3. The first-order valence-corrected chi connectivity index (χ1v) is 8.23. The smallest absolute Gasteiger partial charge is 0.337 e. The third kappa shape index (κ3) is 3.54. The maximum absolute atomic E-state index is 12.8. The number of hydrogen-bond acceptors (Lipinski definition) is 4. The summed E-state index contributed by atoms with van der Waals surface area (Å²) in [5.74, 6) is 0.0588. The highest BCUT2D eigenvalue weighted by molar-refractivity contribution is 6.29. The van der Waals surface area contributed by atoms with Crippen LogP contribution >= 0.6 is 11.6 Å². The normalized spacial score (nSPS) is 11.7. The van der Waals surface area contributed by atoms with Crippen LogP contribution in [0.15, 0.2) is 42.6 Å². The molecule has 0 atom stereocenters. The molecule has 0 aliphatic heterocycles. The number of fused-ring (bicyclic) bond motifs is 1. The van der Waals surface area contributed by atoms with Crippen molar-refractivity contribution in [2.75, 3.05) is 5.32 Å². The number of halogens is 4. The topological polar surface area (TPSA) is 99.3 Å². The highest BCUT2D eigenvalue weighted by Gasteiger charge is 2.30. The van der Waals surface area contributed by atoms with Crippen LogP contribution in [0.2, 0.25) is 5.15 Å². The van der Waals surface area contributed by atoms with Crippen molar-refractivity contribution in [3.63, 3.8) is 0 Å². The van der Waals surface area contributed by atoms with Gasteiger partial charge in [-0.05, 0) is 30.3 Å². The minimum atomic E-state index is -4.44. The lowest BCUT2D eigenvalue weighted by molar-refractivity contribution is -0.137. The zero-order valence-corrected chi connectivity index (χ0v) is 14.6. The molecule has 1 amide bonds. The molecule has 1 aromatic carbocycles. The van der Waals surface area contributed by atoms with Crippen LogP contribution in [0.3, 0.4) is 0 Å². The van der Waals surface area contributed by atoms with Crippen molar-refractivity contribution in [2.45, 2.75) is 6.18 Å². The molecule has 3 aromatic heterocycles. The number of H-pyrrole nitrogens is 2. The van der Waals surface area contributed by atoms with E-state index >= 15 is 0 Å². The predicted molar refractivity (Wildman–Crippen MR) is 95.9 cm³/mol. The monoisotopic (exact) mass is 406 g/mol. The molecule has 0 saturated heterocycles. The maximum atomic E-state index is 12.8. The molecular weight excluding hydrogens is 397 g/mol. The fourth-order valence-corrected chi connectivity index (χ4v) is 2.63. The van der Waals surface area contributed by atoms with Crippen LogP contribution in [0.5, 0.6) is 0 Å². The van der Waals surface area contributed by atoms with E-state index in [4.69, 9.17) is 11.6 Å². The van der Waals surface area contributed by atoms with Gasteiger partial charge in [-0.3, -0.25) is 9.89 Å². The Kier molecular flexibility index (Phi) is 4.27. The molecule has 4 aromatic rings. The minimum absolute atomic E-state index is 0.214. The van der Waals surface area contributed by atoms with Gasteiger partial charge in [0.15, 0.2) is 11.6 Å². The lowest BCUT2D eigenvalue weighted by atomic mass is 10.2. The zero-order chi connectivity index (χ0) is 19.9. The van der Waals surface area contributed by atoms with Crippen LogP contribution in [0.1, 0.15) is 15.9 Å². The number of carbonyl (C=O) groups excluding carboxylic acids is 1. The van der Waals surface area contributed by atoms with Crippen LogP contribution < -0.4 is 5.32 Å². The molecule has 0 spiro atoms. The number of aromatic nitrogens is 5. The molecule has 0 fully saturated rings. The largest absolute Gasteiger partial charge is 0.416 e. The Labute approximate surface area is 160 Å². The van der Waals surface area contributed by atoms with Crippen molar-refractivity contribution in [1.29, 1.82) is 0 Å². The van der Waals surface area contributed by atoms with Gasteiger partial charge in [-0.2, -0.15) is 18.3 Å². The molecule has 3 N–H and O–H groups in total. The molecule has 0 unspecified atom stereocenters. The Morgan fingerprint density at radius 3 is 2.68 bits per heavy atom. The first-order chi connectivity index (χ1) is 13.3. The second-order valence-corrected chi connectivity index (χ2v) is 6.19. The lowest BCUT2D eigenvalue weighted by Crippen LogP contribution is -2.12. The summed E-state index contributed by atoms with van der Waals surface area (Å²) in [6, 6.07) is 7.73. The predicted octanol–water partition coefficient (Wildman–Crippen LogP) is 4.27. The van der Waals surface area contributed by atoms with Crippen LogP contribution in [-0.2, 0) is 6.18 Å². The molecule has 0 aliphatic carbocycles. The molecule has 28 heavy (non-hydrogen) atoms. The quantitative estimate of drug-likeness (QED) is 0.442. The summed E-state index contributed by atoms with van der Waals surface area (Å²) >= 11 is 5.68. The fraction of sp³-hybridized carbons (Fsp3) is 0.0588. The number of alkyl halides is 3. The van der Waals surface area contributed by atoms with E-state index in [0.29, 0.717) is 11.2 Å². The Balaban J connectivity index is 1.57. The van der Waals surface area contributed by atoms with E-state index in [0.717, 1.165) is 12.1 Å². The maximum Gasteiger partial charge on any atom is 0.416 e. The van der Waals surface area contributed by atoms with Gasteiger partial charge in [-0.15, -0.1) is 0 Å². The van der Waals surface area contributed by atoms with Crippen LogP contribution in [0, 0.1) is 0 Å².